The summed E-state index contributed by atoms with van der Waals surface area (Å²) < 4.78 is 11.8. The van der Waals surface area contributed by atoms with Crippen molar-refractivity contribution in [2.45, 2.75) is 6.54 Å². The van der Waals surface area contributed by atoms with Crippen molar-refractivity contribution in [1.29, 1.82) is 0 Å². The van der Waals surface area contributed by atoms with Gasteiger partial charge in [-0.3, -0.25) is 14.7 Å². The smallest absolute Gasteiger partial charge is 0.422 e. The molecule has 3 aromatic rings. The van der Waals surface area contributed by atoms with E-state index in [9.17, 15) is 14.9 Å². The first-order valence-electron chi connectivity index (χ1n) is 6.78. The molecule has 0 atom stereocenters. The van der Waals surface area contributed by atoms with E-state index < -0.39 is 10.7 Å². The second kappa shape index (κ2) is 6.18. The van der Waals surface area contributed by atoms with Crippen molar-refractivity contribution in [3.63, 3.8) is 0 Å². The average Bonchev–Trinajstić information content (AvgIpc) is 2.88. The van der Waals surface area contributed by atoms with Gasteiger partial charge in [0.05, 0.1) is 17.7 Å². The molecule has 116 valence electrons. The third kappa shape index (κ3) is 3.46. The minimum absolute atomic E-state index is 0.0276. The molecule has 7 heteroatoms. The standard InChI is InChI=1S/C16H12N2O5/c19-16-17(10-12-4-2-1-3-5-12)11-15(23-16)22-14-8-6-13(7-9-14)18(20)21/h1-9,11H,10H2. The van der Waals surface area contributed by atoms with Gasteiger partial charge in [-0.05, 0) is 17.7 Å². The van der Waals surface area contributed by atoms with Gasteiger partial charge >= 0.3 is 11.7 Å². The van der Waals surface area contributed by atoms with Crippen LogP contribution in [0, 0.1) is 10.1 Å². The Bertz CT molecular complexity index is 865. The molecule has 2 aromatic carbocycles. The Kier molecular flexibility index (Phi) is 3.92. The molecule has 0 saturated carbocycles. The first-order chi connectivity index (χ1) is 11.1. The highest BCUT2D eigenvalue weighted by Gasteiger charge is 2.10. The van der Waals surface area contributed by atoms with Crippen molar-refractivity contribution in [2.24, 2.45) is 0 Å². The van der Waals surface area contributed by atoms with Gasteiger partial charge in [0.1, 0.15) is 5.75 Å². The average molecular weight is 312 g/mol. The number of rotatable bonds is 5. The van der Waals surface area contributed by atoms with E-state index in [1.807, 2.05) is 30.3 Å². The maximum Gasteiger partial charge on any atom is 0.422 e. The van der Waals surface area contributed by atoms with E-state index in [2.05, 4.69) is 0 Å². The molecule has 3 rings (SSSR count). The summed E-state index contributed by atoms with van der Waals surface area (Å²) >= 11 is 0. The summed E-state index contributed by atoms with van der Waals surface area (Å²) in [6.07, 6.45) is 1.46. The van der Waals surface area contributed by atoms with Crippen LogP contribution in [-0.4, -0.2) is 9.49 Å². The van der Waals surface area contributed by atoms with Crippen LogP contribution in [0.2, 0.25) is 0 Å². The molecule has 1 heterocycles. The van der Waals surface area contributed by atoms with E-state index in [-0.39, 0.29) is 11.6 Å². The van der Waals surface area contributed by atoms with Crippen LogP contribution in [0.5, 0.6) is 11.7 Å². The molecule has 0 amide bonds. The SMILES string of the molecule is O=c1oc(Oc2ccc([N+](=O)[O-])cc2)cn1Cc1ccccc1. The van der Waals surface area contributed by atoms with E-state index in [4.69, 9.17) is 9.15 Å². The van der Waals surface area contributed by atoms with Crippen molar-refractivity contribution >= 4 is 5.69 Å². The second-order valence-corrected chi connectivity index (χ2v) is 4.78. The van der Waals surface area contributed by atoms with Crippen LogP contribution in [0.15, 0.2) is 70.0 Å². The second-order valence-electron chi connectivity index (χ2n) is 4.78. The number of nitrogens with zero attached hydrogens (tertiary/aromatic N) is 2. The molecule has 0 unspecified atom stereocenters. The molecular weight excluding hydrogens is 300 g/mol. The molecule has 0 aliphatic carbocycles. The number of hydrogen-bond donors (Lipinski definition) is 0. The fraction of sp³-hybridized carbons (Fsp3) is 0.0625. The Morgan fingerprint density at radius 2 is 1.78 bits per heavy atom. The predicted molar refractivity (Wildman–Crippen MR) is 81.7 cm³/mol. The number of hydrogen-bond acceptors (Lipinski definition) is 5. The maximum atomic E-state index is 11.8. The maximum absolute atomic E-state index is 11.8. The molecule has 0 saturated heterocycles. The summed E-state index contributed by atoms with van der Waals surface area (Å²) in [6.45, 7) is 0.368. The number of ether oxygens (including phenoxy) is 1. The Balaban J connectivity index is 1.75. The van der Waals surface area contributed by atoms with Crippen LogP contribution >= 0.6 is 0 Å². The lowest BCUT2D eigenvalue weighted by Crippen LogP contribution is -2.13. The fourth-order valence-electron chi connectivity index (χ4n) is 2.04. The van der Waals surface area contributed by atoms with Crippen LogP contribution in [0.1, 0.15) is 5.56 Å². The quantitative estimate of drug-likeness (QED) is 0.533. The third-order valence-electron chi connectivity index (χ3n) is 3.15. The van der Waals surface area contributed by atoms with E-state index in [0.29, 0.717) is 12.3 Å². The minimum atomic E-state index is -0.536. The van der Waals surface area contributed by atoms with Crippen LogP contribution in [0.4, 0.5) is 5.69 Å². The minimum Gasteiger partial charge on any atom is -0.425 e. The molecular formula is C16H12N2O5. The largest absolute Gasteiger partial charge is 0.425 e. The number of oxazole rings is 1. The molecule has 7 nitrogen and oxygen atoms in total. The highest BCUT2D eigenvalue weighted by atomic mass is 16.6. The van der Waals surface area contributed by atoms with Crippen molar-refractivity contribution in [2.75, 3.05) is 0 Å². The van der Waals surface area contributed by atoms with Crippen molar-refractivity contribution < 1.29 is 14.1 Å². The zero-order valence-electron chi connectivity index (χ0n) is 11.9. The lowest BCUT2D eigenvalue weighted by Gasteiger charge is -2.00. The van der Waals surface area contributed by atoms with Gasteiger partial charge in [-0.1, -0.05) is 30.3 Å². The van der Waals surface area contributed by atoms with Crippen LogP contribution in [0.3, 0.4) is 0 Å². The molecule has 0 radical (unpaired) electrons. The molecule has 0 aliphatic rings. The third-order valence-corrected chi connectivity index (χ3v) is 3.15. The number of nitro groups is 1. The van der Waals surface area contributed by atoms with Gasteiger partial charge in [0.2, 0.25) is 0 Å². The first-order valence-corrected chi connectivity index (χ1v) is 6.78. The lowest BCUT2D eigenvalue weighted by atomic mass is 10.2. The van der Waals surface area contributed by atoms with Crippen molar-refractivity contribution in [3.8, 4) is 11.7 Å². The predicted octanol–water partition coefficient (Wildman–Crippen LogP) is 3.19. The molecule has 0 N–H and O–H groups in total. The lowest BCUT2D eigenvalue weighted by molar-refractivity contribution is -0.384. The molecule has 1 aromatic heterocycles. The molecule has 0 spiro atoms. The zero-order valence-corrected chi connectivity index (χ0v) is 11.9. The van der Waals surface area contributed by atoms with Gasteiger partial charge in [0.25, 0.3) is 5.69 Å². The monoisotopic (exact) mass is 312 g/mol. The number of benzene rings is 2. The number of nitro benzene ring substituents is 1. The van der Waals surface area contributed by atoms with Crippen LogP contribution < -0.4 is 10.5 Å². The van der Waals surface area contributed by atoms with Gasteiger partial charge in [0.15, 0.2) is 0 Å². The fourth-order valence-corrected chi connectivity index (χ4v) is 2.04. The highest BCUT2D eigenvalue weighted by Crippen LogP contribution is 2.23. The van der Waals surface area contributed by atoms with Crippen molar-refractivity contribution in [3.05, 3.63) is 87.0 Å². The molecule has 23 heavy (non-hydrogen) atoms. The summed E-state index contributed by atoms with van der Waals surface area (Å²) in [5.41, 5.74) is 0.915. The van der Waals surface area contributed by atoms with E-state index in [1.165, 1.54) is 35.0 Å². The molecule has 0 aliphatic heterocycles. The topological polar surface area (TPSA) is 87.5 Å². The van der Waals surface area contributed by atoms with Gasteiger partial charge < -0.3 is 9.15 Å². The Labute approximate surface area is 130 Å². The summed E-state index contributed by atoms with van der Waals surface area (Å²) in [7, 11) is 0. The van der Waals surface area contributed by atoms with Gasteiger partial charge in [-0.15, -0.1) is 0 Å². The van der Waals surface area contributed by atoms with Gasteiger partial charge in [-0.25, -0.2) is 4.79 Å². The molecule has 0 bridgehead atoms. The first kappa shape index (κ1) is 14.6. The summed E-state index contributed by atoms with van der Waals surface area (Å²) in [4.78, 5) is 21.9. The summed E-state index contributed by atoms with van der Waals surface area (Å²) in [5.74, 6) is -0.165. The van der Waals surface area contributed by atoms with Crippen molar-refractivity contribution in [1.82, 2.24) is 4.57 Å². The number of aromatic nitrogens is 1. The van der Waals surface area contributed by atoms with E-state index >= 15 is 0 Å². The summed E-state index contributed by atoms with van der Waals surface area (Å²) in [5, 5.41) is 10.6. The number of non-ortho nitro benzene ring substituents is 1. The summed E-state index contributed by atoms with van der Waals surface area (Å²) in [6, 6.07) is 15.0. The van der Waals surface area contributed by atoms with Crippen LogP contribution in [0.25, 0.3) is 0 Å². The Hall–Kier alpha value is -3.35. The van der Waals surface area contributed by atoms with Crippen LogP contribution in [-0.2, 0) is 6.54 Å². The Morgan fingerprint density at radius 3 is 2.43 bits per heavy atom. The van der Waals surface area contributed by atoms with E-state index in [0.717, 1.165) is 5.56 Å². The van der Waals surface area contributed by atoms with Gasteiger partial charge in [-0.2, -0.15) is 0 Å². The molecule has 0 fully saturated rings. The van der Waals surface area contributed by atoms with E-state index in [1.54, 1.807) is 0 Å². The highest BCUT2D eigenvalue weighted by molar-refractivity contribution is 5.37. The Morgan fingerprint density at radius 1 is 1.09 bits per heavy atom. The zero-order chi connectivity index (χ0) is 16.2. The van der Waals surface area contributed by atoms with Gasteiger partial charge in [0, 0.05) is 12.1 Å². The normalized spacial score (nSPS) is 10.4.